The van der Waals surface area contributed by atoms with E-state index in [9.17, 15) is 9.18 Å². The molecule has 16 heavy (non-hydrogen) atoms. The molecular weight excluding hydrogens is 207 g/mol. The van der Waals surface area contributed by atoms with Gasteiger partial charge in [-0.25, -0.2) is 4.39 Å². The minimum absolute atomic E-state index is 0.0427. The number of hydrogen-bond acceptors (Lipinski definition) is 2. The lowest BCUT2D eigenvalue weighted by atomic mass is 10.1. The Morgan fingerprint density at radius 1 is 1.50 bits per heavy atom. The lowest BCUT2D eigenvalue weighted by Gasteiger charge is -2.10. The Kier molecular flexibility index (Phi) is 4.92. The van der Waals surface area contributed by atoms with Crippen molar-refractivity contribution in [3.8, 4) is 0 Å². The van der Waals surface area contributed by atoms with Crippen LogP contribution in [0.3, 0.4) is 0 Å². The number of rotatable bonds is 5. The third-order valence-electron chi connectivity index (χ3n) is 2.43. The van der Waals surface area contributed by atoms with Gasteiger partial charge in [0.2, 0.25) is 5.91 Å². The van der Waals surface area contributed by atoms with Crippen LogP contribution in [-0.4, -0.2) is 25.5 Å². The Bertz CT molecular complexity index is 355. The zero-order chi connectivity index (χ0) is 12.0. The number of benzene rings is 1. The van der Waals surface area contributed by atoms with E-state index in [1.165, 1.54) is 12.1 Å². The monoisotopic (exact) mass is 224 g/mol. The van der Waals surface area contributed by atoms with Crippen molar-refractivity contribution in [2.75, 3.05) is 13.6 Å². The van der Waals surface area contributed by atoms with E-state index in [1.54, 1.807) is 20.0 Å². The molecule has 0 radical (unpaired) electrons. The first-order valence-corrected chi connectivity index (χ1v) is 5.33. The van der Waals surface area contributed by atoms with E-state index in [2.05, 4.69) is 10.6 Å². The second kappa shape index (κ2) is 6.23. The van der Waals surface area contributed by atoms with Gasteiger partial charge in [-0.1, -0.05) is 12.1 Å². The first kappa shape index (κ1) is 12.6. The predicted molar refractivity (Wildman–Crippen MR) is 61.6 cm³/mol. The molecule has 0 heterocycles. The normalized spacial score (nSPS) is 12.2. The van der Waals surface area contributed by atoms with Crippen LogP contribution in [-0.2, 0) is 11.2 Å². The average molecular weight is 224 g/mol. The summed E-state index contributed by atoms with van der Waals surface area (Å²) in [5, 5.41) is 5.63. The van der Waals surface area contributed by atoms with Crippen LogP contribution in [0, 0.1) is 5.82 Å². The fraction of sp³-hybridized carbons (Fsp3) is 0.417. The molecule has 0 fully saturated rings. The molecule has 1 atom stereocenters. The first-order valence-electron chi connectivity index (χ1n) is 5.33. The molecule has 0 saturated heterocycles. The van der Waals surface area contributed by atoms with Crippen molar-refractivity contribution < 1.29 is 9.18 Å². The molecule has 1 aromatic rings. The molecule has 1 rings (SSSR count). The quantitative estimate of drug-likeness (QED) is 0.786. The SMILES string of the molecule is CNC(C)C(=O)NCCc1cccc(F)c1. The summed E-state index contributed by atoms with van der Waals surface area (Å²) in [6, 6.07) is 6.20. The molecule has 3 nitrogen and oxygen atoms in total. The first-order chi connectivity index (χ1) is 7.63. The van der Waals surface area contributed by atoms with E-state index >= 15 is 0 Å². The van der Waals surface area contributed by atoms with Crippen molar-refractivity contribution in [3.05, 3.63) is 35.6 Å². The van der Waals surface area contributed by atoms with Crippen molar-refractivity contribution in [2.24, 2.45) is 0 Å². The number of amides is 1. The Hall–Kier alpha value is -1.42. The number of halogens is 1. The molecule has 1 amide bonds. The number of carbonyl (C=O) groups is 1. The van der Waals surface area contributed by atoms with E-state index in [0.29, 0.717) is 13.0 Å². The highest BCUT2D eigenvalue weighted by Gasteiger charge is 2.08. The summed E-state index contributed by atoms with van der Waals surface area (Å²) < 4.78 is 12.8. The molecular formula is C12H17FN2O. The van der Waals surface area contributed by atoms with Crippen molar-refractivity contribution >= 4 is 5.91 Å². The molecule has 0 spiro atoms. The number of likely N-dealkylation sites (N-methyl/N-ethyl adjacent to an activating group) is 1. The lowest BCUT2D eigenvalue weighted by Crippen LogP contribution is -2.41. The minimum atomic E-state index is -0.243. The third-order valence-corrected chi connectivity index (χ3v) is 2.43. The Labute approximate surface area is 95.0 Å². The van der Waals surface area contributed by atoms with Crippen LogP contribution < -0.4 is 10.6 Å². The van der Waals surface area contributed by atoms with Crippen LogP contribution in [0.4, 0.5) is 4.39 Å². The molecule has 0 aliphatic rings. The molecule has 88 valence electrons. The van der Waals surface area contributed by atoms with E-state index in [1.807, 2.05) is 6.07 Å². The van der Waals surface area contributed by atoms with Gasteiger partial charge >= 0.3 is 0 Å². The second-order valence-corrected chi connectivity index (χ2v) is 3.68. The maximum atomic E-state index is 12.8. The maximum absolute atomic E-state index is 12.8. The molecule has 1 unspecified atom stereocenters. The molecule has 0 bridgehead atoms. The van der Waals surface area contributed by atoms with Crippen molar-refractivity contribution in [2.45, 2.75) is 19.4 Å². The summed E-state index contributed by atoms with van der Waals surface area (Å²) >= 11 is 0. The van der Waals surface area contributed by atoms with Gasteiger partial charge in [-0.15, -0.1) is 0 Å². The zero-order valence-corrected chi connectivity index (χ0v) is 9.59. The largest absolute Gasteiger partial charge is 0.354 e. The van der Waals surface area contributed by atoms with Crippen LogP contribution in [0.15, 0.2) is 24.3 Å². The fourth-order valence-electron chi connectivity index (χ4n) is 1.31. The second-order valence-electron chi connectivity index (χ2n) is 3.68. The van der Waals surface area contributed by atoms with Crippen molar-refractivity contribution in [1.29, 1.82) is 0 Å². The Morgan fingerprint density at radius 3 is 2.88 bits per heavy atom. The summed E-state index contributed by atoms with van der Waals surface area (Å²) in [6.45, 7) is 2.31. The van der Waals surface area contributed by atoms with E-state index < -0.39 is 0 Å². The van der Waals surface area contributed by atoms with Crippen LogP contribution in [0.25, 0.3) is 0 Å². The highest BCUT2D eigenvalue weighted by atomic mass is 19.1. The summed E-state index contributed by atoms with van der Waals surface area (Å²) in [5.41, 5.74) is 0.886. The molecule has 4 heteroatoms. The average Bonchev–Trinajstić information content (AvgIpc) is 2.28. The van der Waals surface area contributed by atoms with Crippen LogP contribution >= 0.6 is 0 Å². The molecule has 0 aliphatic heterocycles. The molecule has 0 aromatic heterocycles. The highest BCUT2D eigenvalue weighted by molar-refractivity contribution is 5.81. The van der Waals surface area contributed by atoms with Gasteiger partial charge in [0.1, 0.15) is 5.82 Å². The van der Waals surface area contributed by atoms with E-state index in [4.69, 9.17) is 0 Å². The molecule has 0 aliphatic carbocycles. The number of hydrogen-bond donors (Lipinski definition) is 2. The van der Waals surface area contributed by atoms with Gasteiger partial charge in [-0.2, -0.15) is 0 Å². The van der Waals surface area contributed by atoms with E-state index in [-0.39, 0.29) is 17.8 Å². The van der Waals surface area contributed by atoms with Gasteiger partial charge in [0.25, 0.3) is 0 Å². The highest BCUT2D eigenvalue weighted by Crippen LogP contribution is 2.03. The van der Waals surface area contributed by atoms with Crippen molar-refractivity contribution in [3.63, 3.8) is 0 Å². The van der Waals surface area contributed by atoms with Gasteiger partial charge in [0.15, 0.2) is 0 Å². The van der Waals surface area contributed by atoms with Crippen LogP contribution in [0.5, 0.6) is 0 Å². The lowest BCUT2D eigenvalue weighted by molar-refractivity contribution is -0.122. The van der Waals surface area contributed by atoms with E-state index in [0.717, 1.165) is 5.56 Å². The summed E-state index contributed by atoms with van der Waals surface area (Å²) in [6.07, 6.45) is 0.639. The Balaban J connectivity index is 2.33. The number of nitrogens with one attached hydrogen (secondary N) is 2. The molecule has 1 aromatic carbocycles. The third kappa shape index (κ3) is 3.98. The summed E-state index contributed by atoms with van der Waals surface area (Å²) in [4.78, 5) is 11.4. The minimum Gasteiger partial charge on any atom is -0.354 e. The topological polar surface area (TPSA) is 41.1 Å². The fourth-order valence-corrected chi connectivity index (χ4v) is 1.31. The van der Waals surface area contributed by atoms with Gasteiger partial charge < -0.3 is 10.6 Å². The summed E-state index contributed by atoms with van der Waals surface area (Å²) in [7, 11) is 1.73. The standard InChI is InChI=1S/C12H17FN2O/c1-9(14-2)12(16)15-7-6-10-4-3-5-11(13)8-10/h3-5,8-9,14H,6-7H2,1-2H3,(H,15,16). The zero-order valence-electron chi connectivity index (χ0n) is 9.59. The van der Waals surface area contributed by atoms with Crippen molar-refractivity contribution in [1.82, 2.24) is 10.6 Å². The smallest absolute Gasteiger partial charge is 0.236 e. The number of carbonyl (C=O) groups excluding carboxylic acids is 1. The van der Waals surface area contributed by atoms with Gasteiger partial charge in [-0.05, 0) is 38.1 Å². The van der Waals surface area contributed by atoms with Gasteiger partial charge in [0, 0.05) is 6.54 Å². The molecule has 0 saturated carbocycles. The maximum Gasteiger partial charge on any atom is 0.236 e. The predicted octanol–water partition coefficient (Wildman–Crippen LogP) is 1.09. The Morgan fingerprint density at radius 2 is 2.25 bits per heavy atom. The van der Waals surface area contributed by atoms with Gasteiger partial charge in [-0.3, -0.25) is 4.79 Å². The van der Waals surface area contributed by atoms with Gasteiger partial charge in [0.05, 0.1) is 6.04 Å². The molecule has 2 N–H and O–H groups in total. The summed E-state index contributed by atoms with van der Waals surface area (Å²) in [5.74, 6) is -0.286. The van der Waals surface area contributed by atoms with Crippen LogP contribution in [0.2, 0.25) is 0 Å². The van der Waals surface area contributed by atoms with Crippen LogP contribution in [0.1, 0.15) is 12.5 Å².